The quantitative estimate of drug-likeness (QED) is 0.543. The highest BCUT2D eigenvalue weighted by atomic mass is 35.5. The molecule has 1 amide bonds. The van der Waals surface area contributed by atoms with Crippen molar-refractivity contribution < 1.29 is 9.90 Å². The number of hydrogen-bond donors (Lipinski definition) is 1. The van der Waals surface area contributed by atoms with Gasteiger partial charge in [0.1, 0.15) is 0 Å². The molecule has 0 spiro atoms. The number of likely N-dealkylation sites (tertiary alicyclic amines) is 1. The Kier molecular flexibility index (Phi) is 6.55. The van der Waals surface area contributed by atoms with Gasteiger partial charge in [0.05, 0.1) is 6.10 Å². The Hall–Kier alpha value is -2.76. The summed E-state index contributed by atoms with van der Waals surface area (Å²) in [6.45, 7) is 9.64. The fourth-order valence-corrected chi connectivity index (χ4v) is 4.50. The number of amides is 1. The van der Waals surface area contributed by atoms with Gasteiger partial charge in [-0.3, -0.25) is 14.8 Å². The SMILES string of the molecule is Cc1c(-c2ccnc(C(C)(C)C)c2)cncc1-c1ccc(C(=O)N2CCC(O)CC2)cc1Cl. The molecule has 172 valence electrons. The van der Waals surface area contributed by atoms with E-state index in [1.54, 1.807) is 11.0 Å². The molecule has 5 nitrogen and oxygen atoms in total. The monoisotopic (exact) mass is 463 g/mol. The molecule has 4 rings (SSSR count). The molecule has 1 saturated heterocycles. The molecule has 3 aromatic rings. The molecule has 1 aromatic carbocycles. The molecule has 0 aliphatic carbocycles. The molecule has 0 atom stereocenters. The largest absolute Gasteiger partial charge is 0.393 e. The Labute approximate surface area is 200 Å². The first-order valence-electron chi connectivity index (χ1n) is 11.3. The number of aliphatic hydroxyl groups excluding tert-OH is 1. The zero-order valence-electron chi connectivity index (χ0n) is 19.6. The fraction of sp³-hybridized carbons (Fsp3) is 0.370. The third-order valence-corrected chi connectivity index (χ3v) is 6.63. The number of aromatic nitrogens is 2. The highest BCUT2D eigenvalue weighted by Crippen LogP contribution is 2.36. The van der Waals surface area contributed by atoms with Gasteiger partial charge in [-0.2, -0.15) is 0 Å². The van der Waals surface area contributed by atoms with Crippen LogP contribution in [0.3, 0.4) is 0 Å². The van der Waals surface area contributed by atoms with E-state index in [0.29, 0.717) is 36.5 Å². The minimum absolute atomic E-state index is 0.0485. The Morgan fingerprint density at radius 3 is 2.42 bits per heavy atom. The van der Waals surface area contributed by atoms with Gasteiger partial charge in [0.2, 0.25) is 0 Å². The van der Waals surface area contributed by atoms with Crippen LogP contribution in [0.1, 0.15) is 55.2 Å². The average molecular weight is 464 g/mol. The molecular formula is C27H30ClN3O2. The molecule has 6 heteroatoms. The van der Waals surface area contributed by atoms with E-state index in [1.165, 1.54) is 0 Å². The number of rotatable bonds is 3. The summed E-state index contributed by atoms with van der Waals surface area (Å²) in [5.41, 5.74) is 6.49. The summed E-state index contributed by atoms with van der Waals surface area (Å²) in [6, 6.07) is 9.58. The molecule has 0 unspecified atom stereocenters. The maximum atomic E-state index is 12.9. The second kappa shape index (κ2) is 9.24. The highest BCUT2D eigenvalue weighted by Gasteiger charge is 2.23. The van der Waals surface area contributed by atoms with Crippen molar-refractivity contribution in [2.45, 2.75) is 52.1 Å². The van der Waals surface area contributed by atoms with Gasteiger partial charge < -0.3 is 10.0 Å². The van der Waals surface area contributed by atoms with Crippen LogP contribution < -0.4 is 0 Å². The van der Waals surface area contributed by atoms with Gasteiger partial charge in [-0.05, 0) is 55.2 Å². The van der Waals surface area contributed by atoms with E-state index in [4.69, 9.17) is 11.6 Å². The van der Waals surface area contributed by atoms with Gasteiger partial charge in [-0.15, -0.1) is 0 Å². The minimum Gasteiger partial charge on any atom is -0.393 e. The molecule has 0 saturated carbocycles. The lowest BCUT2D eigenvalue weighted by Crippen LogP contribution is -2.40. The Bertz CT molecular complexity index is 1180. The maximum absolute atomic E-state index is 12.9. The predicted molar refractivity (Wildman–Crippen MR) is 132 cm³/mol. The van der Waals surface area contributed by atoms with Crippen molar-refractivity contribution >= 4 is 17.5 Å². The zero-order chi connectivity index (χ0) is 23.8. The standard InChI is InChI=1S/C27H30ClN3O2/c1-17-22(18-7-10-30-25(14-18)27(2,3)4)15-29-16-23(17)21-6-5-19(13-24(21)28)26(33)31-11-8-20(32)9-12-31/h5-7,10,13-16,20,32H,8-9,11-12H2,1-4H3. The third-order valence-electron chi connectivity index (χ3n) is 6.31. The normalized spacial score (nSPS) is 15.0. The molecule has 0 bridgehead atoms. The van der Waals surface area contributed by atoms with Crippen molar-refractivity contribution in [1.29, 1.82) is 0 Å². The van der Waals surface area contributed by atoms with Crippen LogP contribution in [-0.2, 0) is 5.41 Å². The summed E-state index contributed by atoms with van der Waals surface area (Å²) in [5.74, 6) is -0.0505. The van der Waals surface area contributed by atoms with Crippen molar-refractivity contribution in [3.63, 3.8) is 0 Å². The predicted octanol–water partition coefficient (Wildman–Crippen LogP) is 5.67. The van der Waals surface area contributed by atoms with Gasteiger partial charge in [0.15, 0.2) is 0 Å². The third kappa shape index (κ3) is 4.94. The minimum atomic E-state index is -0.317. The number of benzene rings is 1. The van der Waals surface area contributed by atoms with E-state index in [0.717, 1.165) is 33.5 Å². The van der Waals surface area contributed by atoms with Crippen LogP contribution in [-0.4, -0.2) is 45.1 Å². The molecule has 3 heterocycles. The fourth-order valence-electron chi connectivity index (χ4n) is 4.21. The van der Waals surface area contributed by atoms with Crippen LogP contribution in [0.25, 0.3) is 22.3 Å². The Morgan fingerprint density at radius 1 is 1.06 bits per heavy atom. The van der Waals surface area contributed by atoms with Crippen LogP contribution in [0.5, 0.6) is 0 Å². The van der Waals surface area contributed by atoms with E-state index in [9.17, 15) is 9.90 Å². The molecule has 0 radical (unpaired) electrons. The topological polar surface area (TPSA) is 66.3 Å². The number of hydrogen-bond acceptors (Lipinski definition) is 4. The number of piperidine rings is 1. The van der Waals surface area contributed by atoms with Gasteiger partial charge in [-0.25, -0.2) is 0 Å². The number of nitrogens with zero attached hydrogens (tertiary/aromatic N) is 3. The summed E-state index contributed by atoms with van der Waals surface area (Å²) in [5, 5.41) is 10.2. The Morgan fingerprint density at radius 2 is 1.76 bits per heavy atom. The summed E-state index contributed by atoms with van der Waals surface area (Å²) in [7, 11) is 0. The molecule has 1 aliphatic rings. The number of halogens is 1. The number of aliphatic hydroxyl groups is 1. The average Bonchev–Trinajstić information content (AvgIpc) is 2.79. The van der Waals surface area contributed by atoms with Crippen molar-refractivity contribution in [1.82, 2.24) is 14.9 Å². The van der Waals surface area contributed by atoms with Crippen LogP contribution in [0.2, 0.25) is 5.02 Å². The second-order valence-corrected chi connectivity index (χ2v) is 10.2. The van der Waals surface area contributed by atoms with Gasteiger partial charge >= 0.3 is 0 Å². The molecule has 2 aromatic heterocycles. The van der Waals surface area contributed by atoms with Crippen molar-refractivity contribution in [3.05, 3.63) is 70.8 Å². The maximum Gasteiger partial charge on any atom is 0.253 e. The molecule has 1 N–H and O–H groups in total. The van der Waals surface area contributed by atoms with Gasteiger partial charge in [0.25, 0.3) is 5.91 Å². The number of pyridine rings is 2. The first-order chi connectivity index (χ1) is 15.6. The van der Waals surface area contributed by atoms with E-state index >= 15 is 0 Å². The van der Waals surface area contributed by atoms with E-state index in [2.05, 4.69) is 43.7 Å². The summed E-state index contributed by atoms with van der Waals surface area (Å²) in [4.78, 5) is 23.7. The van der Waals surface area contributed by atoms with Crippen LogP contribution in [0.4, 0.5) is 0 Å². The van der Waals surface area contributed by atoms with Crippen molar-refractivity contribution in [2.24, 2.45) is 0 Å². The summed E-state index contributed by atoms with van der Waals surface area (Å²) >= 11 is 6.68. The first-order valence-corrected chi connectivity index (χ1v) is 11.7. The first kappa shape index (κ1) is 23.4. The lowest BCUT2D eigenvalue weighted by Gasteiger charge is -2.29. The number of carbonyl (C=O) groups is 1. The molecule has 33 heavy (non-hydrogen) atoms. The van der Waals surface area contributed by atoms with E-state index < -0.39 is 0 Å². The second-order valence-electron chi connectivity index (χ2n) is 9.76. The zero-order valence-corrected chi connectivity index (χ0v) is 20.4. The van der Waals surface area contributed by atoms with E-state index in [1.807, 2.05) is 36.8 Å². The molecule has 1 aliphatic heterocycles. The van der Waals surface area contributed by atoms with Gasteiger partial charge in [-0.1, -0.05) is 38.4 Å². The summed E-state index contributed by atoms with van der Waals surface area (Å²) < 4.78 is 0. The van der Waals surface area contributed by atoms with Crippen molar-refractivity contribution in [3.8, 4) is 22.3 Å². The molecular weight excluding hydrogens is 434 g/mol. The van der Waals surface area contributed by atoms with Gasteiger partial charge in [0, 0.05) is 70.1 Å². The lowest BCUT2D eigenvalue weighted by molar-refractivity contribution is 0.0546. The van der Waals surface area contributed by atoms with E-state index in [-0.39, 0.29) is 17.4 Å². The van der Waals surface area contributed by atoms with Crippen LogP contribution in [0.15, 0.2) is 48.9 Å². The van der Waals surface area contributed by atoms with Crippen LogP contribution >= 0.6 is 11.6 Å². The van der Waals surface area contributed by atoms with Crippen molar-refractivity contribution in [2.75, 3.05) is 13.1 Å². The highest BCUT2D eigenvalue weighted by molar-refractivity contribution is 6.33. The van der Waals surface area contributed by atoms with Crippen LogP contribution in [0, 0.1) is 6.92 Å². The molecule has 1 fully saturated rings. The summed E-state index contributed by atoms with van der Waals surface area (Å²) in [6.07, 6.45) is 6.44. The lowest BCUT2D eigenvalue weighted by atomic mass is 9.89. The Balaban J connectivity index is 1.66. The number of carbonyl (C=O) groups excluding carboxylic acids is 1. The smallest absolute Gasteiger partial charge is 0.253 e.